The quantitative estimate of drug-likeness (QED) is 0.0503. The smallest absolute Gasteiger partial charge is 0.165 e. The largest absolute Gasteiger partial charge is 0.361 e. The van der Waals surface area contributed by atoms with Crippen molar-refractivity contribution in [2.24, 2.45) is 5.92 Å². The molecule has 5 rings (SSSR count). The SMILES string of the molecule is CCC1CCC(c2nc3c(-c4cnn(-c5ccccc5)c4)cnn3c(N(COCC[Si](C)(C)C)COCC[Si](C)(C)C)c2C(C)=O)CC1. The zero-order valence-electron chi connectivity index (χ0n) is 30.5. The number of aromatic nitrogens is 5. The summed E-state index contributed by atoms with van der Waals surface area (Å²) in [5.74, 6) is 1.64. The number of benzene rings is 1. The highest BCUT2D eigenvalue weighted by atomic mass is 28.3. The van der Waals surface area contributed by atoms with Crippen molar-refractivity contribution in [2.45, 2.75) is 103 Å². The fraction of sp³-hybridized carbons (Fsp3) is 0.568. The van der Waals surface area contributed by atoms with Gasteiger partial charge in [-0.05, 0) is 62.7 Å². The van der Waals surface area contributed by atoms with E-state index in [9.17, 15) is 4.79 Å². The summed E-state index contributed by atoms with van der Waals surface area (Å²) in [5, 5.41) is 9.59. The summed E-state index contributed by atoms with van der Waals surface area (Å²) >= 11 is 0. The van der Waals surface area contributed by atoms with Gasteiger partial charge in [-0.2, -0.15) is 14.7 Å². The van der Waals surface area contributed by atoms with Gasteiger partial charge < -0.3 is 14.4 Å². The van der Waals surface area contributed by atoms with Gasteiger partial charge in [0.05, 0.1) is 29.3 Å². The monoisotopic (exact) mass is 688 g/mol. The van der Waals surface area contributed by atoms with E-state index >= 15 is 0 Å². The lowest BCUT2D eigenvalue weighted by Gasteiger charge is -2.32. The van der Waals surface area contributed by atoms with Gasteiger partial charge in [-0.25, -0.2) is 9.67 Å². The Morgan fingerprint density at radius 3 is 2.08 bits per heavy atom. The summed E-state index contributed by atoms with van der Waals surface area (Å²) < 4.78 is 16.5. The van der Waals surface area contributed by atoms with E-state index in [4.69, 9.17) is 19.6 Å². The molecule has 0 amide bonds. The van der Waals surface area contributed by atoms with Crippen LogP contribution in [0.2, 0.25) is 51.4 Å². The summed E-state index contributed by atoms with van der Waals surface area (Å²) in [7, 11) is -2.58. The second kappa shape index (κ2) is 15.6. The van der Waals surface area contributed by atoms with Crippen LogP contribution in [-0.4, -0.2) is 73.0 Å². The van der Waals surface area contributed by atoms with Gasteiger partial charge in [-0.3, -0.25) is 4.79 Å². The predicted molar refractivity (Wildman–Crippen MR) is 201 cm³/mol. The van der Waals surface area contributed by atoms with Crippen LogP contribution in [0.1, 0.15) is 67.9 Å². The molecule has 4 aromatic rings. The molecule has 1 fully saturated rings. The van der Waals surface area contributed by atoms with Crippen LogP contribution in [0.4, 0.5) is 5.82 Å². The van der Waals surface area contributed by atoms with Crippen molar-refractivity contribution < 1.29 is 14.3 Å². The summed E-state index contributed by atoms with van der Waals surface area (Å²) in [4.78, 5) is 21.2. The Labute approximate surface area is 289 Å². The molecule has 0 bridgehead atoms. The Bertz CT molecular complexity index is 1630. The van der Waals surface area contributed by atoms with Crippen LogP contribution in [0.5, 0.6) is 0 Å². The lowest BCUT2D eigenvalue weighted by Crippen LogP contribution is -2.35. The Balaban J connectivity index is 1.62. The standard InChI is InChI=1S/C37H56N6O3Si2/c1-9-29-15-17-30(18-16-29)35-34(28(2)44)37(41(26-45-19-21-47(3,4)5)27-46-20-22-48(6,7)8)43-36(40-35)33(24-39-43)31-23-38-42(25-31)32-13-11-10-12-14-32/h10-14,23-25,29-30H,9,15-22,26-27H2,1-8H3. The molecule has 0 spiro atoms. The van der Waals surface area contributed by atoms with Crippen molar-refractivity contribution >= 4 is 33.4 Å². The number of carbonyl (C=O) groups excluding carboxylic acids is 1. The minimum atomic E-state index is -1.29. The molecule has 0 unspecified atom stereocenters. The fourth-order valence-corrected chi connectivity index (χ4v) is 7.93. The number of ether oxygens (including phenoxy) is 2. The lowest BCUT2D eigenvalue weighted by molar-refractivity contribution is 0.0931. The third-order valence-corrected chi connectivity index (χ3v) is 12.9. The minimum Gasteiger partial charge on any atom is -0.361 e. The minimum absolute atomic E-state index is 0.00448. The molecular formula is C37H56N6O3Si2. The van der Waals surface area contributed by atoms with E-state index in [2.05, 4.69) is 56.2 Å². The molecule has 3 heterocycles. The Kier molecular flexibility index (Phi) is 11.8. The van der Waals surface area contributed by atoms with Gasteiger partial charge in [0.1, 0.15) is 19.3 Å². The molecule has 11 heteroatoms. The first kappa shape index (κ1) is 36.2. The first-order valence-corrected chi connectivity index (χ1v) is 25.2. The van der Waals surface area contributed by atoms with Crippen LogP contribution in [0, 0.1) is 5.92 Å². The number of hydrogen-bond acceptors (Lipinski definition) is 7. The molecule has 0 saturated heterocycles. The molecule has 48 heavy (non-hydrogen) atoms. The number of anilines is 1. The maximum Gasteiger partial charge on any atom is 0.165 e. The molecule has 0 atom stereocenters. The van der Waals surface area contributed by atoms with E-state index in [0.717, 1.165) is 71.8 Å². The molecule has 3 aromatic heterocycles. The normalized spacial score (nSPS) is 17.2. The molecule has 260 valence electrons. The zero-order valence-corrected chi connectivity index (χ0v) is 32.5. The van der Waals surface area contributed by atoms with E-state index in [1.54, 1.807) is 6.92 Å². The van der Waals surface area contributed by atoms with E-state index in [-0.39, 0.29) is 11.7 Å². The molecule has 0 radical (unpaired) electrons. The van der Waals surface area contributed by atoms with Gasteiger partial charge in [-0.15, -0.1) is 0 Å². The second-order valence-corrected chi connectivity index (χ2v) is 27.2. The summed E-state index contributed by atoms with van der Waals surface area (Å²) in [5.41, 5.74) is 5.04. The third kappa shape index (κ3) is 9.10. The van der Waals surface area contributed by atoms with E-state index in [0.29, 0.717) is 38.1 Å². The number of nitrogens with zero attached hydrogens (tertiary/aromatic N) is 6. The van der Waals surface area contributed by atoms with Crippen molar-refractivity contribution in [3.8, 4) is 16.8 Å². The average molecular weight is 689 g/mol. The van der Waals surface area contributed by atoms with E-state index in [1.807, 2.05) is 58.1 Å². The molecule has 0 aliphatic heterocycles. The van der Waals surface area contributed by atoms with Crippen molar-refractivity contribution in [3.05, 3.63) is 60.2 Å². The van der Waals surface area contributed by atoms with E-state index in [1.165, 1.54) is 6.42 Å². The molecule has 1 saturated carbocycles. The average Bonchev–Trinajstić information content (AvgIpc) is 3.70. The fourth-order valence-electron chi connectivity index (χ4n) is 6.42. The number of ketones is 1. The van der Waals surface area contributed by atoms with Crippen LogP contribution in [0.3, 0.4) is 0 Å². The number of fused-ring (bicyclic) bond motifs is 1. The van der Waals surface area contributed by atoms with Gasteiger partial charge in [0.25, 0.3) is 0 Å². The van der Waals surface area contributed by atoms with E-state index < -0.39 is 16.1 Å². The van der Waals surface area contributed by atoms with Crippen LogP contribution in [0.15, 0.2) is 48.9 Å². The molecule has 9 nitrogen and oxygen atoms in total. The summed E-state index contributed by atoms with van der Waals surface area (Å²) in [6, 6.07) is 12.2. The van der Waals surface area contributed by atoms with Crippen LogP contribution in [0.25, 0.3) is 22.5 Å². The topological polar surface area (TPSA) is 86.8 Å². The van der Waals surface area contributed by atoms with Crippen molar-refractivity contribution in [1.82, 2.24) is 24.4 Å². The molecule has 1 aliphatic carbocycles. The highest BCUT2D eigenvalue weighted by Gasteiger charge is 2.32. The number of rotatable bonds is 16. The predicted octanol–water partition coefficient (Wildman–Crippen LogP) is 8.90. The Morgan fingerprint density at radius 2 is 1.52 bits per heavy atom. The summed E-state index contributed by atoms with van der Waals surface area (Å²) in [6.45, 7) is 20.1. The zero-order chi connectivity index (χ0) is 34.5. The third-order valence-electron chi connectivity index (χ3n) is 9.51. The Hall–Kier alpha value is -3.13. The van der Waals surface area contributed by atoms with Crippen molar-refractivity contribution in [3.63, 3.8) is 0 Å². The Morgan fingerprint density at radius 1 is 0.896 bits per heavy atom. The molecular weight excluding hydrogens is 633 g/mol. The van der Waals surface area contributed by atoms with Crippen LogP contribution >= 0.6 is 0 Å². The van der Waals surface area contributed by atoms with Crippen molar-refractivity contribution in [1.29, 1.82) is 0 Å². The van der Waals surface area contributed by atoms with Gasteiger partial charge in [0.15, 0.2) is 11.4 Å². The maximum atomic E-state index is 13.8. The van der Waals surface area contributed by atoms with Crippen molar-refractivity contribution in [2.75, 3.05) is 31.6 Å². The van der Waals surface area contributed by atoms with Crippen LogP contribution < -0.4 is 4.90 Å². The van der Waals surface area contributed by atoms with Gasteiger partial charge in [-0.1, -0.05) is 70.8 Å². The van der Waals surface area contributed by atoms with Gasteiger partial charge >= 0.3 is 0 Å². The number of para-hydroxylation sites is 1. The molecule has 1 aliphatic rings. The number of Topliss-reactive ketones (excluding diaryl/α,β-unsaturated/α-hetero) is 1. The first-order valence-electron chi connectivity index (χ1n) is 17.8. The molecule has 1 aromatic carbocycles. The maximum absolute atomic E-state index is 13.8. The molecule has 0 N–H and O–H groups in total. The highest BCUT2D eigenvalue weighted by Crippen LogP contribution is 2.41. The van der Waals surface area contributed by atoms with Gasteiger partial charge in [0.2, 0.25) is 0 Å². The number of hydrogen-bond donors (Lipinski definition) is 0. The lowest BCUT2D eigenvalue weighted by atomic mass is 9.78. The summed E-state index contributed by atoms with van der Waals surface area (Å²) in [6.07, 6.45) is 11.3. The van der Waals surface area contributed by atoms with Gasteiger partial charge in [0, 0.05) is 52.6 Å². The highest BCUT2D eigenvalue weighted by molar-refractivity contribution is 6.76. The second-order valence-electron chi connectivity index (χ2n) is 15.9. The number of carbonyl (C=O) groups is 1. The van der Waals surface area contributed by atoms with Crippen LogP contribution in [-0.2, 0) is 9.47 Å². The first-order chi connectivity index (χ1) is 22.8.